The summed E-state index contributed by atoms with van der Waals surface area (Å²) in [6.45, 7) is 2.43. The monoisotopic (exact) mass is 414 g/mol. The molecule has 0 heterocycles. The van der Waals surface area contributed by atoms with Crippen LogP contribution in [-0.2, 0) is 9.53 Å². The first kappa shape index (κ1) is 22.5. The molecule has 7 heteroatoms. The van der Waals surface area contributed by atoms with E-state index in [1.807, 2.05) is 19.1 Å². The fraction of sp³-hybridized carbons (Fsp3) is 0.318. The Balaban J connectivity index is 2.01. The highest BCUT2D eigenvalue weighted by Gasteiger charge is 2.14. The van der Waals surface area contributed by atoms with E-state index in [-0.39, 0.29) is 23.5 Å². The molecule has 0 spiro atoms. The third-order valence-electron chi connectivity index (χ3n) is 4.09. The summed E-state index contributed by atoms with van der Waals surface area (Å²) in [7, 11) is 3.40. The average Bonchev–Trinajstić information content (AvgIpc) is 2.72. The summed E-state index contributed by atoms with van der Waals surface area (Å²) < 4.78 is 5.18. The lowest BCUT2D eigenvalue weighted by molar-refractivity contribution is -0.125. The van der Waals surface area contributed by atoms with Gasteiger partial charge < -0.3 is 15.0 Å². The van der Waals surface area contributed by atoms with Gasteiger partial charge in [0.1, 0.15) is 0 Å². The first-order chi connectivity index (χ1) is 13.9. The summed E-state index contributed by atoms with van der Waals surface area (Å²) in [5.41, 5.74) is 1.51. The van der Waals surface area contributed by atoms with Gasteiger partial charge in [-0.2, -0.15) is 0 Å². The highest BCUT2D eigenvalue weighted by molar-refractivity contribution is 8.00. The smallest absolute Gasteiger partial charge is 0.338 e. The molecule has 0 fully saturated rings. The number of hydrogen-bond acceptors (Lipinski definition) is 5. The summed E-state index contributed by atoms with van der Waals surface area (Å²) >= 11 is 1.32. The molecule has 0 atom stereocenters. The number of thioether (sulfide) groups is 1. The number of rotatable bonds is 9. The Kier molecular flexibility index (Phi) is 8.73. The van der Waals surface area contributed by atoms with Crippen molar-refractivity contribution in [2.75, 3.05) is 31.8 Å². The summed E-state index contributed by atoms with van der Waals surface area (Å²) in [6, 6.07) is 13.7. The van der Waals surface area contributed by atoms with Crippen LogP contribution in [0, 0.1) is 0 Å². The van der Waals surface area contributed by atoms with Gasteiger partial charge in [0.05, 0.1) is 23.5 Å². The van der Waals surface area contributed by atoms with Crippen molar-refractivity contribution < 1.29 is 19.1 Å². The van der Waals surface area contributed by atoms with Gasteiger partial charge >= 0.3 is 5.97 Å². The highest BCUT2D eigenvalue weighted by Crippen LogP contribution is 2.24. The second-order valence-electron chi connectivity index (χ2n) is 6.59. The maximum Gasteiger partial charge on any atom is 0.338 e. The second-order valence-corrected chi connectivity index (χ2v) is 7.61. The fourth-order valence-electron chi connectivity index (χ4n) is 2.33. The summed E-state index contributed by atoms with van der Waals surface area (Å²) in [5.74, 6) is -0.412. The Morgan fingerprint density at radius 3 is 2.38 bits per heavy atom. The van der Waals surface area contributed by atoms with Crippen LogP contribution < -0.4 is 5.32 Å². The van der Waals surface area contributed by atoms with Crippen molar-refractivity contribution in [1.82, 2.24) is 4.90 Å². The molecule has 0 aliphatic rings. The Morgan fingerprint density at radius 1 is 1.03 bits per heavy atom. The summed E-state index contributed by atoms with van der Waals surface area (Å²) in [6.07, 6.45) is 1.79. The van der Waals surface area contributed by atoms with E-state index in [1.54, 1.807) is 50.5 Å². The van der Waals surface area contributed by atoms with Gasteiger partial charge in [0, 0.05) is 24.7 Å². The van der Waals surface area contributed by atoms with Crippen LogP contribution in [0.2, 0.25) is 0 Å². The molecular formula is C22H26N2O4S. The molecular weight excluding hydrogens is 388 g/mol. The molecule has 154 valence electrons. The lowest BCUT2D eigenvalue weighted by Gasteiger charge is -2.12. The van der Waals surface area contributed by atoms with Gasteiger partial charge in [-0.25, -0.2) is 4.79 Å². The molecule has 2 rings (SSSR count). The van der Waals surface area contributed by atoms with Crippen LogP contribution in [0.25, 0.3) is 0 Å². The molecule has 0 bridgehead atoms. The Labute approximate surface area is 175 Å². The zero-order valence-corrected chi connectivity index (χ0v) is 17.8. The molecule has 0 aliphatic heterocycles. The fourth-order valence-corrected chi connectivity index (χ4v) is 3.36. The predicted molar refractivity (Wildman–Crippen MR) is 115 cm³/mol. The molecule has 0 aliphatic carbocycles. The Bertz CT molecular complexity index is 850. The molecule has 2 amide bonds. The normalized spacial score (nSPS) is 10.3. The van der Waals surface area contributed by atoms with Gasteiger partial charge in [0.25, 0.3) is 5.91 Å². The number of carbonyl (C=O) groups is 3. The van der Waals surface area contributed by atoms with Gasteiger partial charge in [0.2, 0.25) is 5.91 Å². The molecule has 2 aromatic carbocycles. The van der Waals surface area contributed by atoms with Crippen LogP contribution in [0.5, 0.6) is 0 Å². The number of esters is 1. The summed E-state index contributed by atoms with van der Waals surface area (Å²) in [4.78, 5) is 38.7. The Morgan fingerprint density at radius 2 is 1.72 bits per heavy atom. The number of carbonyl (C=O) groups excluding carboxylic acids is 3. The quantitative estimate of drug-likeness (QED) is 0.380. The minimum Gasteiger partial charge on any atom is -0.462 e. The number of nitrogens with zero attached hydrogens (tertiary/aromatic N) is 1. The van der Waals surface area contributed by atoms with E-state index in [4.69, 9.17) is 4.74 Å². The van der Waals surface area contributed by atoms with E-state index in [0.29, 0.717) is 23.4 Å². The van der Waals surface area contributed by atoms with E-state index in [1.165, 1.54) is 16.7 Å². The lowest BCUT2D eigenvalue weighted by Crippen LogP contribution is -2.23. The lowest BCUT2D eigenvalue weighted by atomic mass is 10.2. The van der Waals surface area contributed by atoms with Crippen LogP contribution in [0.4, 0.5) is 5.69 Å². The predicted octanol–water partition coefficient (Wildman–Crippen LogP) is 4.08. The molecule has 0 saturated carbocycles. The third-order valence-corrected chi connectivity index (χ3v) is 5.15. The van der Waals surface area contributed by atoms with Crippen molar-refractivity contribution in [3.63, 3.8) is 0 Å². The first-order valence-corrected chi connectivity index (χ1v) is 10.4. The van der Waals surface area contributed by atoms with Gasteiger partial charge in [-0.15, -0.1) is 11.8 Å². The van der Waals surface area contributed by atoms with Crippen molar-refractivity contribution in [2.24, 2.45) is 0 Å². The maximum atomic E-state index is 12.7. The number of nitrogens with one attached hydrogen (secondary N) is 1. The minimum absolute atomic E-state index is 0.0216. The van der Waals surface area contributed by atoms with Crippen LogP contribution in [0.1, 0.15) is 40.5 Å². The van der Waals surface area contributed by atoms with Gasteiger partial charge in [0.15, 0.2) is 0 Å². The SMILES string of the molecule is CCCCOC(=O)c1ccc(NC(=O)c2ccccc2SCC(=O)N(C)C)cc1. The van der Waals surface area contributed by atoms with Crippen LogP contribution in [-0.4, -0.2) is 49.1 Å². The van der Waals surface area contributed by atoms with Gasteiger partial charge in [-0.05, 0) is 42.8 Å². The molecule has 0 saturated heterocycles. The zero-order valence-electron chi connectivity index (χ0n) is 16.9. The third kappa shape index (κ3) is 6.94. The Hall–Kier alpha value is -2.80. The largest absolute Gasteiger partial charge is 0.462 e. The van der Waals surface area contributed by atoms with Crippen molar-refractivity contribution in [2.45, 2.75) is 24.7 Å². The maximum absolute atomic E-state index is 12.7. The first-order valence-electron chi connectivity index (χ1n) is 9.43. The van der Waals surface area contributed by atoms with E-state index in [0.717, 1.165) is 17.7 Å². The number of amides is 2. The van der Waals surface area contributed by atoms with Crippen molar-refractivity contribution in [3.05, 3.63) is 59.7 Å². The number of benzene rings is 2. The zero-order chi connectivity index (χ0) is 21.2. The minimum atomic E-state index is -0.372. The number of ether oxygens (including phenoxy) is 1. The van der Waals surface area contributed by atoms with Gasteiger partial charge in [-0.3, -0.25) is 9.59 Å². The number of anilines is 1. The number of hydrogen-bond donors (Lipinski definition) is 1. The molecule has 2 aromatic rings. The van der Waals surface area contributed by atoms with E-state index >= 15 is 0 Å². The van der Waals surface area contributed by atoms with Crippen molar-refractivity contribution in [1.29, 1.82) is 0 Å². The van der Waals surface area contributed by atoms with Crippen molar-refractivity contribution >= 4 is 35.2 Å². The van der Waals surface area contributed by atoms with Gasteiger partial charge in [-0.1, -0.05) is 25.5 Å². The second kappa shape index (κ2) is 11.3. The standard InChI is InChI=1S/C22H26N2O4S/c1-4-5-14-28-22(27)16-10-12-17(13-11-16)23-21(26)18-8-6-7-9-19(18)29-15-20(25)24(2)3/h6-13H,4-5,14-15H2,1-3H3,(H,23,26). The molecule has 1 N–H and O–H groups in total. The molecule has 0 aromatic heterocycles. The topological polar surface area (TPSA) is 75.7 Å². The van der Waals surface area contributed by atoms with Crippen molar-refractivity contribution in [3.8, 4) is 0 Å². The average molecular weight is 415 g/mol. The van der Waals surface area contributed by atoms with Crippen LogP contribution >= 0.6 is 11.8 Å². The van der Waals surface area contributed by atoms with Crippen LogP contribution in [0.15, 0.2) is 53.4 Å². The molecule has 29 heavy (non-hydrogen) atoms. The van der Waals surface area contributed by atoms with E-state index < -0.39 is 0 Å². The van der Waals surface area contributed by atoms with E-state index in [2.05, 4.69) is 5.32 Å². The highest BCUT2D eigenvalue weighted by atomic mass is 32.2. The molecule has 6 nitrogen and oxygen atoms in total. The molecule has 0 unspecified atom stereocenters. The number of unbranched alkanes of at least 4 members (excludes halogenated alkanes) is 1. The van der Waals surface area contributed by atoms with E-state index in [9.17, 15) is 14.4 Å². The summed E-state index contributed by atoms with van der Waals surface area (Å²) in [5, 5.41) is 2.83. The molecule has 0 radical (unpaired) electrons. The van der Waals surface area contributed by atoms with Crippen LogP contribution in [0.3, 0.4) is 0 Å².